The van der Waals surface area contributed by atoms with E-state index in [9.17, 15) is 0 Å². The van der Waals surface area contributed by atoms with Gasteiger partial charge in [0.15, 0.2) is 0 Å². The van der Waals surface area contributed by atoms with E-state index in [1.807, 2.05) is 0 Å². The molecule has 7 fully saturated rings. The van der Waals surface area contributed by atoms with E-state index in [1.165, 1.54) is 60.8 Å². The Morgan fingerprint density at radius 2 is 0.654 bits per heavy atom. The number of benzene rings is 4. The highest BCUT2D eigenvalue weighted by molar-refractivity contribution is 5.30. The average molecular weight is 691 g/mol. The van der Waals surface area contributed by atoms with E-state index in [0.29, 0.717) is 59.9 Å². The lowest BCUT2D eigenvalue weighted by Gasteiger charge is -2.71. The summed E-state index contributed by atoms with van der Waals surface area (Å²) < 4.78 is 15.1. The fourth-order valence-corrected chi connectivity index (χ4v) is 13.1. The molecule has 0 radical (unpaired) electrons. The molecule has 4 nitrogen and oxygen atoms in total. The number of nitrogens with zero attached hydrogens (tertiary/aromatic N) is 2. The lowest BCUT2D eigenvalue weighted by Crippen LogP contribution is -2.84. The predicted molar refractivity (Wildman–Crippen MR) is 207 cm³/mol. The fourth-order valence-electron chi connectivity index (χ4n) is 13.1. The van der Waals surface area contributed by atoms with E-state index >= 15 is 0 Å². The molecular weight excluding hydrogens is 637 g/mol. The predicted octanol–water partition coefficient (Wildman–Crippen LogP) is 9.44. The zero-order valence-electron chi connectivity index (χ0n) is 30.4. The van der Waals surface area contributed by atoms with Crippen LogP contribution < -0.4 is 0 Å². The molecule has 0 bridgehead atoms. The van der Waals surface area contributed by atoms with Crippen LogP contribution in [0.1, 0.15) is 110 Å². The molecule has 7 aliphatic rings. The molecule has 3 aliphatic heterocycles. The Morgan fingerprint density at radius 3 is 1.02 bits per heavy atom. The lowest BCUT2D eigenvalue weighted by atomic mass is 9.63. The highest BCUT2D eigenvalue weighted by atomic mass is 16.5. The van der Waals surface area contributed by atoms with Gasteiger partial charge >= 0.3 is 0 Å². The molecule has 4 aromatic carbocycles. The first-order chi connectivity index (χ1) is 25.8. The fraction of sp³-hybridized carbons (Fsp3) is 0.500. The molecule has 4 heteroatoms. The molecule has 4 saturated carbocycles. The van der Waals surface area contributed by atoms with Gasteiger partial charge in [-0.15, -0.1) is 0 Å². The van der Waals surface area contributed by atoms with Gasteiger partial charge in [0.05, 0.1) is 36.5 Å². The van der Waals surface area contributed by atoms with Crippen LogP contribution in [0.25, 0.3) is 0 Å². The van der Waals surface area contributed by atoms with Gasteiger partial charge in [0, 0.05) is 24.2 Å². The Labute approximate surface area is 310 Å². The number of hydrogen-bond acceptors (Lipinski definition) is 4. The van der Waals surface area contributed by atoms with Crippen LogP contribution in [0.2, 0.25) is 0 Å². The van der Waals surface area contributed by atoms with Crippen molar-refractivity contribution in [3.63, 3.8) is 0 Å². The summed E-state index contributed by atoms with van der Waals surface area (Å²) in [6.45, 7) is 0. The molecule has 0 spiro atoms. The summed E-state index contributed by atoms with van der Waals surface area (Å²) in [5.41, 5.74) is 6.01. The Morgan fingerprint density at radius 1 is 0.327 bits per heavy atom. The maximum atomic E-state index is 7.57. The summed E-state index contributed by atoms with van der Waals surface area (Å²) in [6, 6.07) is 48.5. The maximum Gasteiger partial charge on any atom is 0.0756 e. The molecule has 0 N–H and O–H groups in total. The van der Waals surface area contributed by atoms with Crippen LogP contribution in [-0.2, 0) is 9.47 Å². The smallest absolute Gasteiger partial charge is 0.0756 e. The minimum absolute atomic E-state index is 0.262. The van der Waals surface area contributed by atoms with Gasteiger partial charge in [-0.1, -0.05) is 121 Å². The number of ether oxygens (including phenoxy) is 2. The second-order valence-corrected chi connectivity index (χ2v) is 17.6. The van der Waals surface area contributed by atoms with Crippen LogP contribution in [0, 0.1) is 0 Å². The number of piperazine rings is 1. The van der Waals surface area contributed by atoms with Gasteiger partial charge in [-0.05, 0) is 110 Å². The SMILES string of the molecule is c1ccc(C2CCC3C(C2)OC2CC(c4ccccc4)CC4C2N3C2CC(c3ccccc3)CC3OC5CC(c6ccccc6)CCC5N4C32)cc1. The summed E-state index contributed by atoms with van der Waals surface area (Å²) in [4.78, 5) is 6.32. The number of rotatable bonds is 4. The Kier molecular flexibility index (Phi) is 8.19. The van der Waals surface area contributed by atoms with Crippen LogP contribution in [0.5, 0.6) is 0 Å². The first kappa shape index (κ1) is 32.2. The molecular formula is C48H54N2O2. The third kappa shape index (κ3) is 5.38. The van der Waals surface area contributed by atoms with Crippen molar-refractivity contribution in [2.24, 2.45) is 0 Å². The lowest BCUT2D eigenvalue weighted by molar-refractivity contribution is -0.290. The van der Waals surface area contributed by atoms with E-state index < -0.39 is 0 Å². The zero-order chi connectivity index (χ0) is 34.2. The molecule has 0 amide bonds. The highest BCUT2D eigenvalue weighted by Crippen LogP contribution is 2.57. The van der Waals surface area contributed by atoms with Crippen LogP contribution in [0.3, 0.4) is 0 Å². The first-order valence-corrected chi connectivity index (χ1v) is 20.8. The third-order valence-electron chi connectivity index (χ3n) is 15.2. The van der Waals surface area contributed by atoms with Gasteiger partial charge in [-0.2, -0.15) is 0 Å². The van der Waals surface area contributed by atoms with E-state index in [1.54, 1.807) is 0 Å². The van der Waals surface area contributed by atoms with Gasteiger partial charge in [0.2, 0.25) is 0 Å². The van der Waals surface area contributed by atoms with Crippen molar-refractivity contribution in [2.45, 2.75) is 149 Å². The standard InChI is InChI=1S/C48H54N2O2/c1-5-13-31(14-6-1)35-21-23-39-43(27-35)51-45-29-37(33-17-9-3-10-18-33)26-42-47(45)49(39)41-25-38(34-19-11-4-12-20-34)30-46-48(41)50(42)40-24-22-36(28-44(40)52-46)32-15-7-2-8-16-32/h1-20,35-48H,21-30H2. The summed E-state index contributed by atoms with van der Waals surface area (Å²) in [6.07, 6.45) is 13.1. The second-order valence-electron chi connectivity index (χ2n) is 17.6. The quantitative estimate of drug-likeness (QED) is 0.213. The van der Waals surface area contributed by atoms with Gasteiger partial charge in [-0.25, -0.2) is 0 Å². The van der Waals surface area contributed by atoms with Crippen LogP contribution in [-0.4, -0.2) is 70.5 Å². The average Bonchev–Trinajstić information content (AvgIpc) is 3.22. The van der Waals surface area contributed by atoms with E-state index in [4.69, 9.17) is 9.47 Å². The Bertz CT molecular complexity index is 1690. The third-order valence-corrected chi connectivity index (χ3v) is 15.2. The highest BCUT2D eigenvalue weighted by Gasteiger charge is 2.65. The van der Waals surface area contributed by atoms with E-state index in [-0.39, 0.29) is 24.4 Å². The molecule has 14 atom stereocenters. The first-order valence-electron chi connectivity index (χ1n) is 20.8. The molecule has 4 aliphatic carbocycles. The number of morpholine rings is 2. The van der Waals surface area contributed by atoms with E-state index in [2.05, 4.69) is 131 Å². The molecule has 0 aromatic heterocycles. The molecule has 3 saturated heterocycles. The van der Waals surface area contributed by atoms with Crippen molar-refractivity contribution >= 4 is 0 Å². The summed E-state index contributed by atoms with van der Waals surface area (Å²) in [7, 11) is 0. The van der Waals surface area contributed by atoms with Crippen LogP contribution in [0.15, 0.2) is 121 Å². The van der Waals surface area contributed by atoms with Crippen molar-refractivity contribution in [3.8, 4) is 0 Å². The minimum atomic E-state index is 0.262. The summed E-state index contributed by atoms with van der Waals surface area (Å²) >= 11 is 0. The monoisotopic (exact) mass is 690 g/mol. The largest absolute Gasteiger partial charge is 0.372 e. The van der Waals surface area contributed by atoms with Crippen molar-refractivity contribution < 1.29 is 9.47 Å². The summed E-state index contributed by atoms with van der Waals surface area (Å²) in [5, 5.41) is 0. The number of hydrogen-bond donors (Lipinski definition) is 0. The Hall–Kier alpha value is -3.28. The molecule has 11 rings (SSSR count). The number of fused-ring (bicyclic) bond motifs is 6. The van der Waals surface area contributed by atoms with Crippen LogP contribution in [0.4, 0.5) is 0 Å². The molecule has 4 aromatic rings. The minimum Gasteiger partial charge on any atom is -0.372 e. The van der Waals surface area contributed by atoms with Gasteiger partial charge in [-0.3, -0.25) is 9.80 Å². The van der Waals surface area contributed by atoms with Gasteiger partial charge in [0.25, 0.3) is 0 Å². The van der Waals surface area contributed by atoms with Gasteiger partial charge in [0.1, 0.15) is 0 Å². The van der Waals surface area contributed by atoms with E-state index in [0.717, 1.165) is 25.7 Å². The zero-order valence-corrected chi connectivity index (χ0v) is 30.4. The van der Waals surface area contributed by atoms with Crippen molar-refractivity contribution in [1.29, 1.82) is 0 Å². The van der Waals surface area contributed by atoms with Crippen molar-refractivity contribution in [3.05, 3.63) is 144 Å². The summed E-state index contributed by atoms with van der Waals surface area (Å²) in [5.74, 6) is 2.22. The molecule has 268 valence electrons. The molecule has 3 heterocycles. The molecule has 14 unspecified atom stereocenters. The van der Waals surface area contributed by atoms with Crippen LogP contribution >= 0.6 is 0 Å². The second kappa shape index (κ2) is 13.2. The van der Waals surface area contributed by atoms with Crippen molar-refractivity contribution in [2.75, 3.05) is 0 Å². The Balaban J connectivity index is 1.00. The topological polar surface area (TPSA) is 24.9 Å². The maximum absolute atomic E-state index is 7.57. The van der Waals surface area contributed by atoms with Gasteiger partial charge < -0.3 is 9.47 Å². The van der Waals surface area contributed by atoms with Crippen molar-refractivity contribution in [1.82, 2.24) is 9.80 Å². The molecule has 52 heavy (non-hydrogen) atoms. The normalized spacial score (nSPS) is 41.2.